The van der Waals surface area contributed by atoms with E-state index in [0.29, 0.717) is 26.2 Å². The second-order valence-electron chi connectivity index (χ2n) is 7.24. The Kier molecular flexibility index (Phi) is 5.97. The third-order valence-electron chi connectivity index (χ3n) is 5.15. The van der Waals surface area contributed by atoms with Gasteiger partial charge in [0.15, 0.2) is 0 Å². The molecule has 148 valence electrons. The second-order valence-corrected chi connectivity index (χ2v) is 7.24. The van der Waals surface area contributed by atoms with Crippen LogP contribution in [0.1, 0.15) is 18.1 Å². The molecule has 0 atom stereocenters. The van der Waals surface area contributed by atoms with Crippen LogP contribution in [-0.4, -0.2) is 49.4 Å². The van der Waals surface area contributed by atoms with Crippen molar-refractivity contribution in [3.8, 4) is 0 Å². The van der Waals surface area contributed by atoms with Crippen molar-refractivity contribution in [3.63, 3.8) is 0 Å². The number of hydrogen-bond donors (Lipinski definition) is 0. The molecule has 28 heavy (non-hydrogen) atoms. The summed E-state index contributed by atoms with van der Waals surface area (Å²) in [5.41, 5.74) is 3.75. The quantitative estimate of drug-likeness (QED) is 0.815. The van der Waals surface area contributed by atoms with Gasteiger partial charge >= 0.3 is 0 Å². The van der Waals surface area contributed by atoms with Gasteiger partial charge in [-0.1, -0.05) is 12.1 Å². The topological polar surface area (TPSA) is 43.9 Å². The summed E-state index contributed by atoms with van der Waals surface area (Å²) in [5, 5.41) is 0. The summed E-state index contributed by atoms with van der Waals surface area (Å²) in [6.45, 7) is 7.96. The van der Waals surface area contributed by atoms with Gasteiger partial charge in [0.2, 0.25) is 11.8 Å². The molecule has 3 rings (SSSR count). The van der Waals surface area contributed by atoms with Crippen molar-refractivity contribution in [2.75, 3.05) is 42.5 Å². The predicted molar refractivity (Wildman–Crippen MR) is 109 cm³/mol. The number of nitrogens with zero attached hydrogens (tertiary/aromatic N) is 3. The summed E-state index contributed by atoms with van der Waals surface area (Å²) < 4.78 is 13.1. The van der Waals surface area contributed by atoms with Gasteiger partial charge in [0, 0.05) is 44.5 Å². The normalized spacial score (nSPS) is 14.1. The van der Waals surface area contributed by atoms with E-state index < -0.39 is 0 Å². The Morgan fingerprint density at radius 1 is 1.00 bits per heavy atom. The monoisotopic (exact) mass is 383 g/mol. The Labute approximate surface area is 165 Å². The van der Waals surface area contributed by atoms with Crippen LogP contribution < -0.4 is 9.80 Å². The molecule has 0 saturated carbocycles. The maximum absolute atomic E-state index is 13.1. The van der Waals surface area contributed by atoms with Gasteiger partial charge in [0.05, 0.1) is 0 Å². The molecule has 2 aromatic carbocycles. The molecule has 2 amide bonds. The van der Waals surface area contributed by atoms with E-state index in [2.05, 4.69) is 4.90 Å². The first-order valence-electron chi connectivity index (χ1n) is 9.49. The molecule has 2 aromatic rings. The molecule has 6 heteroatoms. The van der Waals surface area contributed by atoms with Gasteiger partial charge in [0.1, 0.15) is 12.4 Å². The average molecular weight is 383 g/mol. The summed E-state index contributed by atoms with van der Waals surface area (Å²) >= 11 is 0. The van der Waals surface area contributed by atoms with Crippen molar-refractivity contribution in [2.45, 2.75) is 20.8 Å². The number of piperazine rings is 1. The highest BCUT2D eigenvalue weighted by molar-refractivity contribution is 5.98. The highest BCUT2D eigenvalue weighted by Gasteiger charge is 2.25. The van der Waals surface area contributed by atoms with Crippen LogP contribution in [0.4, 0.5) is 15.8 Å². The minimum absolute atomic E-state index is 0.0379. The molecule has 0 unspecified atom stereocenters. The zero-order valence-electron chi connectivity index (χ0n) is 16.6. The third-order valence-corrected chi connectivity index (χ3v) is 5.15. The molecular formula is C22H26FN3O2. The molecule has 1 heterocycles. The number of amides is 2. The van der Waals surface area contributed by atoms with E-state index in [1.807, 2.05) is 32.0 Å². The standard InChI is InChI=1S/C22H26FN3O2/c1-16-4-5-17(2)21(14-16)26(18(3)27)15-22(28)25-12-10-24(11-13-25)20-8-6-19(23)7-9-20/h4-9,14H,10-13,15H2,1-3H3. The largest absolute Gasteiger partial charge is 0.368 e. The summed E-state index contributed by atoms with van der Waals surface area (Å²) in [6, 6.07) is 12.3. The molecule has 1 aliphatic heterocycles. The molecule has 1 fully saturated rings. The Morgan fingerprint density at radius 2 is 1.64 bits per heavy atom. The van der Waals surface area contributed by atoms with E-state index in [1.165, 1.54) is 19.1 Å². The molecule has 0 spiro atoms. The van der Waals surface area contributed by atoms with Crippen molar-refractivity contribution in [3.05, 3.63) is 59.4 Å². The molecule has 1 saturated heterocycles. The number of halogens is 1. The smallest absolute Gasteiger partial charge is 0.242 e. The van der Waals surface area contributed by atoms with E-state index in [-0.39, 0.29) is 24.2 Å². The minimum atomic E-state index is -0.256. The van der Waals surface area contributed by atoms with Crippen LogP contribution in [0.15, 0.2) is 42.5 Å². The van der Waals surface area contributed by atoms with Crippen molar-refractivity contribution in [1.82, 2.24) is 4.90 Å². The van der Waals surface area contributed by atoms with E-state index in [0.717, 1.165) is 22.5 Å². The number of carbonyl (C=O) groups is 2. The number of anilines is 2. The number of benzene rings is 2. The Hall–Kier alpha value is -2.89. The summed E-state index contributed by atoms with van der Waals surface area (Å²) in [4.78, 5) is 30.5. The van der Waals surface area contributed by atoms with Crippen molar-refractivity contribution in [1.29, 1.82) is 0 Å². The van der Waals surface area contributed by atoms with E-state index in [1.54, 1.807) is 21.9 Å². The average Bonchev–Trinajstić information content (AvgIpc) is 2.68. The first-order valence-corrected chi connectivity index (χ1v) is 9.49. The fourth-order valence-corrected chi connectivity index (χ4v) is 3.48. The lowest BCUT2D eigenvalue weighted by molar-refractivity contribution is -0.131. The first-order chi connectivity index (χ1) is 13.3. The van der Waals surface area contributed by atoms with Crippen LogP contribution >= 0.6 is 0 Å². The van der Waals surface area contributed by atoms with Gasteiger partial charge < -0.3 is 14.7 Å². The Bertz CT molecular complexity index is 859. The SMILES string of the molecule is CC(=O)N(CC(=O)N1CCN(c2ccc(F)cc2)CC1)c1cc(C)ccc1C. The molecule has 0 N–H and O–H groups in total. The van der Waals surface area contributed by atoms with E-state index >= 15 is 0 Å². The van der Waals surface area contributed by atoms with Gasteiger partial charge in [-0.2, -0.15) is 0 Å². The Morgan fingerprint density at radius 3 is 2.25 bits per heavy atom. The minimum Gasteiger partial charge on any atom is -0.368 e. The molecule has 0 bridgehead atoms. The van der Waals surface area contributed by atoms with Crippen LogP contribution in [0.3, 0.4) is 0 Å². The number of rotatable bonds is 4. The summed E-state index contributed by atoms with van der Waals surface area (Å²) in [5.74, 6) is -0.463. The number of hydrogen-bond acceptors (Lipinski definition) is 3. The fraction of sp³-hybridized carbons (Fsp3) is 0.364. The molecule has 0 aliphatic carbocycles. The predicted octanol–water partition coefficient (Wildman–Crippen LogP) is 3.14. The fourth-order valence-electron chi connectivity index (χ4n) is 3.48. The maximum atomic E-state index is 13.1. The van der Waals surface area contributed by atoms with Crippen molar-refractivity contribution in [2.24, 2.45) is 0 Å². The molecule has 1 aliphatic rings. The lowest BCUT2D eigenvalue weighted by Crippen LogP contribution is -2.52. The zero-order chi connectivity index (χ0) is 20.3. The maximum Gasteiger partial charge on any atom is 0.242 e. The molecular weight excluding hydrogens is 357 g/mol. The van der Waals surface area contributed by atoms with Crippen LogP contribution in [0.5, 0.6) is 0 Å². The van der Waals surface area contributed by atoms with Crippen molar-refractivity contribution < 1.29 is 14.0 Å². The van der Waals surface area contributed by atoms with Gasteiger partial charge in [0.25, 0.3) is 0 Å². The lowest BCUT2D eigenvalue weighted by Gasteiger charge is -2.37. The van der Waals surface area contributed by atoms with Crippen LogP contribution in [-0.2, 0) is 9.59 Å². The lowest BCUT2D eigenvalue weighted by atomic mass is 10.1. The van der Waals surface area contributed by atoms with Gasteiger partial charge in [-0.3, -0.25) is 9.59 Å². The second kappa shape index (κ2) is 8.42. The van der Waals surface area contributed by atoms with Gasteiger partial charge in [-0.25, -0.2) is 4.39 Å². The van der Waals surface area contributed by atoms with E-state index in [4.69, 9.17) is 0 Å². The highest BCUT2D eigenvalue weighted by atomic mass is 19.1. The molecule has 0 radical (unpaired) electrons. The van der Waals surface area contributed by atoms with Gasteiger partial charge in [-0.15, -0.1) is 0 Å². The number of aryl methyl sites for hydroxylation is 2. The van der Waals surface area contributed by atoms with Crippen LogP contribution in [0, 0.1) is 19.7 Å². The highest BCUT2D eigenvalue weighted by Crippen LogP contribution is 2.22. The summed E-state index contributed by atoms with van der Waals surface area (Å²) in [7, 11) is 0. The first kappa shape index (κ1) is 19.9. The van der Waals surface area contributed by atoms with Crippen molar-refractivity contribution >= 4 is 23.2 Å². The third kappa shape index (κ3) is 4.50. The number of carbonyl (C=O) groups excluding carboxylic acids is 2. The van der Waals surface area contributed by atoms with Crippen LogP contribution in [0.2, 0.25) is 0 Å². The van der Waals surface area contributed by atoms with E-state index in [9.17, 15) is 14.0 Å². The molecule has 0 aromatic heterocycles. The van der Waals surface area contributed by atoms with Gasteiger partial charge in [-0.05, 0) is 55.3 Å². The van der Waals surface area contributed by atoms with Crippen LogP contribution in [0.25, 0.3) is 0 Å². The summed E-state index contributed by atoms with van der Waals surface area (Å²) in [6.07, 6.45) is 0. The Balaban J connectivity index is 1.64. The zero-order valence-corrected chi connectivity index (χ0v) is 16.6. The molecule has 5 nitrogen and oxygen atoms in total.